The zero-order valence-corrected chi connectivity index (χ0v) is 9.77. The van der Waals surface area contributed by atoms with Crippen molar-refractivity contribution in [3.63, 3.8) is 0 Å². The molecule has 0 radical (unpaired) electrons. The number of aromatic nitrogens is 1. The summed E-state index contributed by atoms with van der Waals surface area (Å²) in [6.07, 6.45) is 3.02. The average Bonchev–Trinajstić information content (AvgIpc) is 2.91. The lowest BCUT2D eigenvalue weighted by molar-refractivity contribution is -0.138. The number of hydrogen-bond donors (Lipinski definition) is 3. The first kappa shape index (κ1) is 12.2. The van der Waals surface area contributed by atoms with Gasteiger partial charge in [-0.3, -0.25) is 14.5 Å². The third-order valence-electron chi connectivity index (χ3n) is 3.10. The summed E-state index contributed by atoms with van der Waals surface area (Å²) in [6.45, 7) is 0. The molecule has 1 aliphatic heterocycles. The normalized spacial score (nSPS) is 23.3. The Kier molecular flexibility index (Phi) is 2.82. The van der Waals surface area contributed by atoms with Gasteiger partial charge in [0, 0.05) is 31.4 Å². The first-order valence-electron chi connectivity index (χ1n) is 5.43. The van der Waals surface area contributed by atoms with E-state index < -0.39 is 23.4 Å². The molecule has 1 aromatic rings. The molecule has 0 aromatic carbocycles. The third kappa shape index (κ3) is 1.73. The summed E-state index contributed by atoms with van der Waals surface area (Å²) < 4.78 is 0. The van der Waals surface area contributed by atoms with Gasteiger partial charge in [0.25, 0.3) is 5.91 Å². The summed E-state index contributed by atoms with van der Waals surface area (Å²) in [5.41, 5.74) is -0.712. The van der Waals surface area contributed by atoms with Crippen molar-refractivity contribution in [2.24, 2.45) is 0 Å². The summed E-state index contributed by atoms with van der Waals surface area (Å²) in [4.78, 5) is 38.2. The van der Waals surface area contributed by atoms with Crippen LogP contribution in [0.5, 0.6) is 0 Å². The van der Waals surface area contributed by atoms with Gasteiger partial charge in [0.2, 0.25) is 0 Å². The molecule has 3 N–H and O–H groups in total. The van der Waals surface area contributed by atoms with Crippen molar-refractivity contribution in [1.82, 2.24) is 15.2 Å². The van der Waals surface area contributed by atoms with E-state index in [0.29, 0.717) is 5.56 Å². The van der Waals surface area contributed by atoms with Gasteiger partial charge in [0.05, 0.1) is 0 Å². The molecule has 7 nitrogen and oxygen atoms in total. The number of aromatic amines is 1. The monoisotopic (exact) mass is 251 g/mol. The van der Waals surface area contributed by atoms with Crippen LogP contribution in [-0.2, 0) is 15.1 Å². The van der Waals surface area contributed by atoms with Crippen molar-refractivity contribution < 1.29 is 19.5 Å². The van der Waals surface area contributed by atoms with Crippen LogP contribution in [0.2, 0.25) is 0 Å². The predicted octanol–water partition coefficient (Wildman–Crippen LogP) is 0.256. The molecule has 2 heterocycles. The lowest BCUT2D eigenvalue weighted by Crippen LogP contribution is -2.44. The van der Waals surface area contributed by atoms with E-state index in [1.807, 2.05) is 0 Å². The van der Waals surface area contributed by atoms with Crippen molar-refractivity contribution in [2.75, 3.05) is 7.05 Å². The van der Waals surface area contributed by atoms with Crippen LogP contribution in [0.25, 0.3) is 0 Å². The van der Waals surface area contributed by atoms with E-state index in [4.69, 9.17) is 5.11 Å². The molecule has 1 atom stereocenters. The van der Waals surface area contributed by atoms with Crippen molar-refractivity contribution >= 4 is 17.9 Å². The summed E-state index contributed by atoms with van der Waals surface area (Å²) in [6, 6.07) is 1.13. The van der Waals surface area contributed by atoms with Gasteiger partial charge in [-0.25, -0.2) is 4.79 Å². The molecule has 2 rings (SSSR count). The fourth-order valence-corrected chi connectivity index (χ4v) is 2.09. The van der Waals surface area contributed by atoms with Gasteiger partial charge in [0.15, 0.2) is 0 Å². The number of carboxylic acids is 1. The van der Waals surface area contributed by atoms with Crippen LogP contribution < -0.4 is 5.32 Å². The highest BCUT2D eigenvalue weighted by atomic mass is 16.4. The lowest BCUT2D eigenvalue weighted by atomic mass is 9.87. The molecule has 1 fully saturated rings. The number of amides is 3. The second-order valence-corrected chi connectivity index (χ2v) is 4.19. The van der Waals surface area contributed by atoms with Crippen molar-refractivity contribution in [3.05, 3.63) is 24.0 Å². The maximum Gasteiger partial charge on any atom is 0.325 e. The van der Waals surface area contributed by atoms with Crippen LogP contribution >= 0.6 is 0 Å². The molecule has 0 spiro atoms. The van der Waals surface area contributed by atoms with Crippen LogP contribution in [-0.4, -0.2) is 39.9 Å². The molecule has 0 saturated carbocycles. The highest BCUT2D eigenvalue weighted by Crippen LogP contribution is 2.32. The number of aliphatic carboxylic acids is 1. The van der Waals surface area contributed by atoms with Crippen molar-refractivity contribution in [3.8, 4) is 0 Å². The standard InChI is InChI=1S/C11H13N3O4/c1-14-9(17)11(13-10(14)18,4-2-8(15)16)7-3-5-12-6-7/h3,5-6,12H,2,4H2,1H3,(H,13,18)(H,15,16). The summed E-state index contributed by atoms with van der Waals surface area (Å²) in [5.74, 6) is -1.45. The summed E-state index contributed by atoms with van der Waals surface area (Å²) in [7, 11) is 1.37. The zero-order valence-electron chi connectivity index (χ0n) is 9.77. The van der Waals surface area contributed by atoms with Gasteiger partial charge in [-0.05, 0) is 12.5 Å². The zero-order chi connectivity index (χ0) is 13.3. The Hall–Kier alpha value is -2.31. The van der Waals surface area contributed by atoms with Gasteiger partial charge < -0.3 is 15.4 Å². The van der Waals surface area contributed by atoms with Gasteiger partial charge in [-0.15, -0.1) is 0 Å². The fourth-order valence-electron chi connectivity index (χ4n) is 2.09. The second-order valence-electron chi connectivity index (χ2n) is 4.19. The number of rotatable bonds is 4. The number of carbonyl (C=O) groups excluding carboxylic acids is 2. The van der Waals surface area contributed by atoms with Crippen LogP contribution in [0, 0.1) is 0 Å². The molecule has 7 heteroatoms. The number of urea groups is 1. The van der Waals surface area contributed by atoms with Gasteiger partial charge in [0.1, 0.15) is 5.54 Å². The highest BCUT2D eigenvalue weighted by Gasteiger charge is 2.51. The predicted molar refractivity (Wildman–Crippen MR) is 60.6 cm³/mol. The van der Waals surface area contributed by atoms with Crippen LogP contribution in [0.4, 0.5) is 4.79 Å². The first-order chi connectivity index (χ1) is 8.47. The molecular formula is C11H13N3O4. The fraction of sp³-hybridized carbons (Fsp3) is 0.364. The molecule has 1 aliphatic rings. The Bertz CT molecular complexity index is 496. The van der Waals surface area contributed by atoms with E-state index >= 15 is 0 Å². The van der Waals surface area contributed by atoms with E-state index in [1.54, 1.807) is 18.5 Å². The minimum Gasteiger partial charge on any atom is -0.481 e. The maximum atomic E-state index is 12.2. The van der Waals surface area contributed by atoms with Crippen LogP contribution in [0.1, 0.15) is 18.4 Å². The maximum absolute atomic E-state index is 12.2. The Balaban J connectivity index is 2.38. The van der Waals surface area contributed by atoms with E-state index in [2.05, 4.69) is 10.3 Å². The number of nitrogens with one attached hydrogen (secondary N) is 2. The summed E-state index contributed by atoms with van der Waals surface area (Å²) >= 11 is 0. The smallest absolute Gasteiger partial charge is 0.325 e. The van der Waals surface area contributed by atoms with Crippen molar-refractivity contribution in [2.45, 2.75) is 18.4 Å². The SMILES string of the molecule is CN1C(=O)NC(CCC(=O)O)(c2cc[nH]c2)C1=O. The van der Waals surface area contributed by atoms with E-state index in [0.717, 1.165) is 4.90 Å². The van der Waals surface area contributed by atoms with Crippen LogP contribution in [0.3, 0.4) is 0 Å². The minimum absolute atomic E-state index is 0.0229. The number of nitrogens with zero attached hydrogens (tertiary/aromatic N) is 1. The average molecular weight is 251 g/mol. The number of carbonyl (C=O) groups is 3. The van der Waals surface area contributed by atoms with E-state index in [1.165, 1.54) is 7.05 Å². The molecule has 18 heavy (non-hydrogen) atoms. The van der Waals surface area contributed by atoms with Crippen LogP contribution in [0.15, 0.2) is 18.5 Å². The molecule has 96 valence electrons. The van der Waals surface area contributed by atoms with E-state index in [9.17, 15) is 14.4 Å². The Morgan fingerprint density at radius 3 is 2.67 bits per heavy atom. The van der Waals surface area contributed by atoms with Crippen molar-refractivity contribution in [1.29, 1.82) is 0 Å². The van der Waals surface area contributed by atoms with Gasteiger partial charge in [-0.2, -0.15) is 0 Å². The lowest BCUT2D eigenvalue weighted by Gasteiger charge is -2.24. The largest absolute Gasteiger partial charge is 0.481 e. The molecule has 3 amide bonds. The number of likely N-dealkylation sites (N-methyl/N-ethyl adjacent to an activating group) is 1. The van der Waals surface area contributed by atoms with Gasteiger partial charge in [-0.1, -0.05) is 0 Å². The molecule has 0 bridgehead atoms. The molecule has 0 aliphatic carbocycles. The Labute approximate surface area is 103 Å². The Morgan fingerprint density at radius 2 is 2.22 bits per heavy atom. The molecule has 1 unspecified atom stereocenters. The molecule has 1 saturated heterocycles. The molecular weight excluding hydrogens is 238 g/mol. The van der Waals surface area contributed by atoms with Gasteiger partial charge >= 0.3 is 12.0 Å². The van der Waals surface area contributed by atoms with E-state index in [-0.39, 0.29) is 12.8 Å². The molecule has 1 aromatic heterocycles. The third-order valence-corrected chi connectivity index (χ3v) is 3.10. The number of H-pyrrole nitrogens is 1. The summed E-state index contributed by atoms with van der Waals surface area (Å²) in [5, 5.41) is 11.3. The quantitative estimate of drug-likeness (QED) is 0.668. The highest BCUT2D eigenvalue weighted by molar-refractivity contribution is 6.07. The number of imide groups is 1. The minimum atomic E-state index is -1.27. The second kappa shape index (κ2) is 4.17. The topological polar surface area (TPSA) is 102 Å². The Morgan fingerprint density at radius 1 is 1.50 bits per heavy atom. The number of hydrogen-bond acceptors (Lipinski definition) is 3. The number of carboxylic acid groups (broad SMARTS) is 1. The first-order valence-corrected chi connectivity index (χ1v) is 5.43.